The Balaban J connectivity index is 2.40. The van der Waals surface area contributed by atoms with Crippen LogP contribution in [-0.2, 0) is 0 Å². The summed E-state index contributed by atoms with van der Waals surface area (Å²) in [4.78, 5) is 10.6. The highest BCUT2D eigenvalue weighted by atomic mass is 79.9. The average molecular weight is 322 g/mol. The van der Waals surface area contributed by atoms with Crippen molar-refractivity contribution in [2.45, 2.75) is 13.8 Å². The van der Waals surface area contributed by atoms with Crippen molar-refractivity contribution in [1.29, 1.82) is 0 Å². The summed E-state index contributed by atoms with van der Waals surface area (Å²) < 4.78 is 6.59. The lowest BCUT2D eigenvalue weighted by molar-refractivity contribution is -0.385. The molecule has 0 radical (unpaired) electrons. The van der Waals surface area contributed by atoms with E-state index in [0.717, 1.165) is 15.6 Å². The van der Waals surface area contributed by atoms with Gasteiger partial charge < -0.3 is 4.74 Å². The van der Waals surface area contributed by atoms with E-state index in [0.29, 0.717) is 5.75 Å². The first kappa shape index (κ1) is 13.5. The van der Waals surface area contributed by atoms with E-state index in [1.807, 2.05) is 26.0 Å². The first-order valence-corrected chi connectivity index (χ1v) is 6.46. The molecule has 0 N–H and O–H groups in total. The Bertz CT molecular complexity index is 641. The van der Waals surface area contributed by atoms with Crippen molar-refractivity contribution >= 4 is 21.6 Å². The first-order chi connectivity index (χ1) is 8.97. The van der Waals surface area contributed by atoms with Gasteiger partial charge in [0.05, 0.1) is 4.92 Å². The molecule has 0 heterocycles. The van der Waals surface area contributed by atoms with Gasteiger partial charge in [0.1, 0.15) is 5.75 Å². The van der Waals surface area contributed by atoms with Gasteiger partial charge in [0, 0.05) is 10.5 Å². The predicted molar refractivity (Wildman–Crippen MR) is 76.8 cm³/mol. The maximum absolute atomic E-state index is 11.0. The third kappa shape index (κ3) is 3.12. The molecule has 98 valence electrons. The Morgan fingerprint density at radius 1 is 1.11 bits per heavy atom. The summed E-state index contributed by atoms with van der Waals surface area (Å²) >= 11 is 3.37. The number of ether oxygens (including phenoxy) is 1. The van der Waals surface area contributed by atoms with Crippen LogP contribution in [0.1, 0.15) is 11.1 Å². The van der Waals surface area contributed by atoms with Gasteiger partial charge >= 0.3 is 5.69 Å². The molecule has 2 aromatic carbocycles. The Hall–Kier alpha value is -1.88. The number of aryl methyl sites for hydroxylation is 2. The molecule has 4 nitrogen and oxygen atoms in total. The number of hydrogen-bond acceptors (Lipinski definition) is 3. The van der Waals surface area contributed by atoms with Gasteiger partial charge in [0.2, 0.25) is 5.75 Å². The van der Waals surface area contributed by atoms with E-state index in [1.165, 1.54) is 6.07 Å². The zero-order valence-electron chi connectivity index (χ0n) is 10.5. The zero-order valence-corrected chi connectivity index (χ0v) is 12.1. The zero-order chi connectivity index (χ0) is 14.0. The number of nitro benzene ring substituents is 1. The molecule has 0 aliphatic heterocycles. The normalized spacial score (nSPS) is 10.3. The Kier molecular flexibility index (Phi) is 3.85. The van der Waals surface area contributed by atoms with Gasteiger partial charge in [-0.1, -0.05) is 22.0 Å². The molecule has 0 aromatic heterocycles. The van der Waals surface area contributed by atoms with Crippen LogP contribution in [0.2, 0.25) is 0 Å². The first-order valence-electron chi connectivity index (χ1n) is 5.66. The molecular weight excluding hydrogens is 310 g/mol. The third-order valence-electron chi connectivity index (χ3n) is 2.67. The van der Waals surface area contributed by atoms with E-state index in [9.17, 15) is 10.1 Å². The molecule has 0 fully saturated rings. The SMILES string of the molecule is Cc1ccc(Oc2ccc(Br)cc2C)c([N+](=O)[O-])c1. The van der Waals surface area contributed by atoms with Crippen LogP contribution in [0.3, 0.4) is 0 Å². The van der Waals surface area contributed by atoms with Gasteiger partial charge in [0.15, 0.2) is 0 Å². The third-order valence-corrected chi connectivity index (χ3v) is 3.16. The van der Waals surface area contributed by atoms with Gasteiger partial charge in [-0.3, -0.25) is 10.1 Å². The minimum absolute atomic E-state index is 0.0256. The second-order valence-electron chi connectivity index (χ2n) is 4.24. The summed E-state index contributed by atoms with van der Waals surface area (Å²) in [6.45, 7) is 3.70. The van der Waals surface area contributed by atoms with Crippen molar-refractivity contribution in [2.24, 2.45) is 0 Å². The van der Waals surface area contributed by atoms with Crippen molar-refractivity contribution in [3.63, 3.8) is 0 Å². The van der Waals surface area contributed by atoms with Crippen LogP contribution < -0.4 is 4.74 Å². The summed E-state index contributed by atoms with van der Waals surface area (Å²) in [7, 11) is 0. The second kappa shape index (κ2) is 5.40. The van der Waals surface area contributed by atoms with E-state index in [-0.39, 0.29) is 11.4 Å². The van der Waals surface area contributed by atoms with Gasteiger partial charge in [-0.2, -0.15) is 0 Å². The molecule has 0 atom stereocenters. The minimum Gasteiger partial charge on any atom is -0.450 e. The van der Waals surface area contributed by atoms with Crippen molar-refractivity contribution < 1.29 is 9.66 Å². The largest absolute Gasteiger partial charge is 0.450 e. The second-order valence-corrected chi connectivity index (χ2v) is 5.16. The number of rotatable bonds is 3. The lowest BCUT2D eigenvalue weighted by Gasteiger charge is -2.09. The predicted octanol–water partition coefficient (Wildman–Crippen LogP) is 4.77. The van der Waals surface area contributed by atoms with E-state index in [4.69, 9.17) is 4.74 Å². The molecule has 0 unspecified atom stereocenters. The summed E-state index contributed by atoms with van der Waals surface area (Å²) in [6.07, 6.45) is 0. The standard InChI is InChI=1S/C14H12BrNO3/c1-9-3-5-14(12(7-9)16(17)18)19-13-6-4-11(15)8-10(13)2/h3-8H,1-2H3. The average Bonchev–Trinajstić information content (AvgIpc) is 2.34. The van der Waals surface area contributed by atoms with Crippen LogP contribution in [0.5, 0.6) is 11.5 Å². The Morgan fingerprint density at radius 2 is 1.79 bits per heavy atom. The summed E-state index contributed by atoms with van der Waals surface area (Å²) in [5, 5.41) is 11.0. The summed E-state index contributed by atoms with van der Waals surface area (Å²) in [5.74, 6) is 0.858. The van der Waals surface area contributed by atoms with Crippen molar-refractivity contribution in [3.05, 3.63) is 62.1 Å². The number of benzene rings is 2. The lowest BCUT2D eigenvalue weighted by atomic mass is 10.2. The van der Waals surface area contributed by atoms with Crippen LogP contribution in [-0.4, -0.2) is 4.92 Å². The van der Waals surface area contributed by atoms with Crippen LogP contribution >= 0.6 is 15.9 Å². The summed E-state index contributed by atoms with van der Waals surface area (Å²) in [6, 6.07) is 10.4. The highest BCUT2D eigenvalue weighted by Gasteiger charge is 2.16. The van der Waals surface area contributed by atoms with Crippen molar-refractivity contribution in [1.82, 2.24) is 0 Å². The fourth-order valence-corrected chi connectivity index (χ4v) is 2.18. The van der Waals surface area contributed by atoms with Crippen LogP contribution in [0.4, 0.5) is 5.69 Å². The number of hydrogen-bond donors (Lipinski definition) is 0. The van der Waals surface area contributed by atoms with Gasteiger partial charge in [-0.15, -0.1) is 0 Å². The molecule has 2 rings (SSSR count). The van der Waals surface area contributed by atoms with Crippen molar-refractivity contribution in [3.8, 4) is 11.5 Å². The maximum atomic E-state index is 11.0. The molecule has 0 aliphatic rings. The van der Waals surface area contributed by atoms with E-state index >= 15 is 0 Å². The fraction of sp³-hybridized carbons (Fsp3) is 0.143. The van der Waals surface area contributed by atoms with Crippen LogP contribution in [0.15, 0.2) is 40.9 Å². The smallest absolute Gasteiger partial charge is 0.311 e. The molecule has 0 spiro atoms. The number of halogens is 1. The van der Waals surface area contributed by atoms with Gasteiger partial charge in [-0.05, 0) is 49.2 Å². The lowest BCUT2D eigenvalue weighted by Crippen LogP contribution is -1.95. The molecule has 0 aliphatic carbocycles. The Labute approximate surface area is 119 Å². The molecule has 0 saturated heterocycles. The summed E-state index contributed by atoms with van der Waals surface area (Å²) in [5.41, 5.74) is 1.71. The topological polar surface area (TPSA) is 52.4 Å². The highest BCUT2D eigenvalue weighted by molar-refractivity contribution is 9.10. The highest BCUT2D eigenvalue weighted by Crippen LogP contribution is 2.34. The van der Waals surface area contributed by atoms with Crippen LogP contribution in [0.25, 0.3) is 0 Å². The molecule has 5 heteroatoms. The Morgan fingerprint density at radius 3 is 2.42 bits per heavy atom. The fourth-order valence-electron chi connectivity index (χ4n) is 1.70. The number of nitro groups is 1. The van der Waals surface area contributed by atoms with Gasteiger partial charge in [-0.25, -0.2) is 0 Å². The van der Waals surface area contributed by atoms with Crippen molar-refractivity contribution in [2.75, 3.05) is 0 Å². The van der Waals surface area contributed by atoms with E-state index in [2.05, 4.69) is 15.9 Å². The van der Waals surface area contributed by atoms with E-state index < -0.39 is 4.92 Å². The molecule has 0 bridgehead atoms. The monoisotopic (exact) mass is 321 g/mol. The van der Waals surface area contributed by atoms with E-state index in [1.54, 1.807) is 18.2 Å². The van der Waals surface area contributed by atoms with Gasteiger partial charge in [0.25, 0.3) is 0 Å². The molecular formula is C14H12BrNO3. The van der Waals surface area contributed by atoms with Crippen LogP contribution in [0, 0.1) is 24.0 Å². The molecule has 0 saturated carbocycles. The number of nitrogens with zero attached hydrogens (tertiary/aromatic N) is 1. The molecule has 19 heavy (non-hydrogen) atoms. The molecule has 0 amide bonds. The maximum Gasteiger partial charge on any atom is 0.311 e. The molecule has 2 aromatic rings. The minimum atomic E-state index is -0.434. The quantitative estimate of drug-likeness (QED) is 0.604.